The molecule has 1 aliphatic heterocycles. The molecule has 2 heterocycles. The lowest BCUT2D eigenvalue weighted by molar-refractivity contribution is 0.297. The number of benzene rings is 1. The van der Waals surface area contributed by atoms with E-state index in [1.165, 1.54) is 0 Å². The molecule has 0 atom stereocenters. The number of rotatable bonds is 3. The number of fused-ring (bicyclic) bond motifs is 1. The number of ether oxygens (including phenoxy) is 2. The monoisotopic (exact) mass is 257 g/mol. The Morgan fingerprint density at radius 1 is 1.05 bits per heavy atom. The fourth-order valence-electron chi connectivity index (χ4n) is 1.89. The van der Waals surface area contributed by atoms with Gasteiger partial charge in [-0.1, -0.05) is 6.07 Å². The van der Waals surface area contributed by atoms with E-state index in [0.717, 1.165) is 23.5 Å². The molecule has 0 bridgehead atoms. The molecular formula is C14H15N3O2. The van der Waals surface area contributed by atoms with Crippen LogP contribution >= 0.6 is 0 Å². The quantitative estimate of drug-likeness (QED) is 0.914. The Kier molecular flexibility index (Phi) is 3.45. The molecule has 1 aromatic heterocycles. The zero-order chi connectivity index (χ0) is 12.9. The minimum atomic E-state index is 0.620. The van der Waals surface area contributed by atoms with Gasteiger partial charge in [0.05, 0.1) is 13.2 Å². The lowest BCUT2D eigenvalue weighted by Gasteiger charge is -2.10. The maximum absolute atomic E-state index is 5.66. The molecule has 1 aliphatic rings. The van der Waals surface area contributed by atoms with Crippen molar-refractivity contribution in [2.45, 2.75) is 13.0 Å². The van der Waals surface area contributed by atoms with Gasteiger partial charge in [-0.05, 0) is 23.8 Å². The minimum absolute atomic E-state index is 0.620. The van der Waals surface area contributed by atoms with Gasteiger partial charge in [0, 0.05) is 25.4 Å². The van der Waals surface area contributed by atoms with Crippen LogP contribution < -0.4 is 14.8 Å². The predicted octanol–water partition coefficient (Wildman–Crippen LogP) is 2.25. The van der Waals surface area contributed by atoms with Crippen LogP contribution in [0.15, 0.2) is 36.7 Å². The molecule has 0 spiro atoms. The lowest BCUT2D eigenvalue weighted by atomic mass is 10.2. The van der Waals surface area contributed by atoms with Crippen molar-refractivity contribution in [1.82, 2.24) is 9.97 Å². The van der Waals surface area contributed by atoms with E-state index in [2.05, 4.69) is 15.3 Å². The molecule has 3 rings (SSSR count). The van der Waals surface area contributed by atoms with Crippen LogP contribution in [0.3, 0.4) is 0 Å². The number of nitrogens with one attached hydrogen (secondary N) is 1. The van der Waals surface area contributed by atoms with E-state index in [4.69, 9.17) is 9.47 Å². The fraction of sp³-hybridized carbons (Fsp3) is 0.286. The molecule has 1 aromatic carbocycles. The van der Waals surface area contributed by atoms with Gasteiger partial charge in [0.15, 0.2) is 11.5 Å². The van der Waals surface area contributed by atoms with Gasteiger partial charge >= 0.3 is 0 Å². The van der Waals surface area contributed by atoms with Crippen molar-refractivity contribution >= 4 is 5.95 Å². The van der Waals surface area contributed by atoms with Gasteiger partial charge < -0.3 is 14.8 Å². The van der Waals surface area contributed by atoms with Gasteiger partial charge in [0.25, 0.3) is 0 Å². The first-order valence-electron chi connectivity index (χ1n) is 6.31. The molecule has 0 saturated heterocycles. The second kappa shape index (κ2) is 5.56. The van der Waals surface area contributed by atoms with Crippen molar-refractivity contribution in [3.05, 3.63) is 42.2 Å². The summed E-state index contributed by atoms with van der Waals surface area (Å²) in [4.78, 5) is 8.24. The number of aromatic nitrogens is 2. The summed E-state index contributed by atoms with van der Waals surface area (Å²) in [6, 6.07) is 7.75. The van der Waals surface area contributed by atoms with Gasteiger partial charge in [-0.15, -0.1) is 0 Å². The van der Waals surface area contributed by atoms with E-state index in [-0.39, 0.29) is 0 Å². The van der Waals surface area contributed by atoms with E-state index in [0.29, 0.717) is 25.7 Å². The Morgan fingerprint density at radius 3 is 2.68 bits per heavy atom. The van der Waals surface area contributed by atoms with Crippen molar-refractivity contribution in [3.63, 3.8) is 0 Å². The van der Waals surface area contributed by atoms with E-state index in [1.807, 2.05) is 18.2 Å². The largest absolute Gasteiger partial charge is 0.490 e. The smallest absolute Gasteiger partial charge is 0.222 e. The third-order valence-corrected chi connectivity index (χ3v) is 2.83. The topological polar surface area (TPSA) is 56.3 Å². The normalized spacial score (nSPS) is 13.7. The first-order chi connectivity index (χ1) is 9.42. The summed E-state index contributed by atoms with van der Waals surface area (Å²) >= 11 is 0. The lowest BCUT2D eigenvalue weighted by Crippen LogP contribution is -2.03. The van der Waals surface area contributed by atoms with Gasteiger partial charge in [-0.3, -0.25) is 0 Å². The molecule has 5 nitrogen and oxygen atoms in total. The van der Waals surface area contributed by atoms with E-state index in [9.17, 15) is 0 Å². The second-order valence-electron chi connectivity index (χ2n) is 4.26. The molecule has 19 heavy (non-hydrogen) atoms. The zero-order valence-electron chi connectivity index (χ0n) is 10.5. The van der Waals surface area contributed by atoms with Gasteiger partial charge in [-0.2, -0.15) is 0 Å². The van der Waals surface area contributed by atoms with Crippen molar-refractivity contribution in [2.75, 3.05) is 18.5 Å². The maximum Gasteiger partial charge on any atom is 0.222 e. The summed E-state index contributed by atoms with van der Waals surface area (Å²) in [5.74, 6) is 2.25. The minimum Gasteiger partial charge on any atom is -0.490 e. The number of hydrogen-bond acceptors (Lipinski definition) is 5. The Balaban J connectivity index is 1.70. The predicted molar refractivity (Wildman–Crippen MR) is 71.4 cm³/mol. The second-order valence-corrected chi connectivity index (χ2v) is 4.26. The van der Waals surface area contributed by atoms with Crippen LogP contribution in [0.5, 0.6) is 11.5 Å². The summed E-state index contributed by atoms with van der Waals surface area (Å²) in [6.45, 7) is 2.06. The summed E-state index contributed by atoms with van der Waals surface area (Å²) in [7, 11) is 0. The van der Waals surface area contributed by atoms with Gasteiger partial charge in [-0.25, -0.2) is 9.97 Å². The highest BCUT2D eigenvalue weighted by atomic mass is 16.5. The Morgan fingerprint density at radius 2 is 1.84 bits per heavy atom. The van der Waals surface area contributed by atoms with Crippen molar-refractivity contribution in [2.24, 2.45) is 0 Å². The fourth-order valence-corrected chi connectivity index (χ4v) is 1.89. The molecule has 0 radical (unpaired) electrons. The van der Waals surface area contributed by atoms with Crippen LogP contribution in [-0.2, 0) is 6.54 Å². The highest BCUT2D eigenvalue weighted by Gasteiger charge is 2.10. The van der Waals surface area contributed by atoms with Crippen LogP contribution in [0.1, 0.15) is 12.0 Å². The van der Waals surface area contributed by atoms with Crippen LogP contribution in [0.4, 0.5) is 5.95 Å². The molecule has 0 aliphatic carbocycles. The first kappa shape index (κ1) is 11.8. The Labute approximate surface area is 111 Å². The summed E-state index contributed by atoms with van der Waals surface area (Å²) < 4.78 is 11.3. The maximum atomic E-state index is 5.66. The van der Waals surface area contributed by atoms with Crippen molar-refractivity contribution < 1.29 is 9.47 Å². The molecule has 0 amide bonds. The third-order valence-electron chi connectivity index (χ3n) is 2.83. The van der Waals surface area contributed by atoms with Crippen LogP contribution in [0, 0.1) is 0 Å². The highest BCUT2D eigenvalue weighted by Crippen LogP contribution is 2.30. The van der Waals surface area contributed by atoms with E-state index < -0.39 is 0 Å². The SMILES string of the molecule is c1cnc(NCc2ccc3c(c2)OCCCO3)nc1. The summed E-state index contributed by atoms with van der Waals surface area (Å²) in [6.07, 6.45) is 4.34. The molecule has 5 heteroatoms. The van der Waals surface area contributed by atoms with E-state index >= 15 is 0 Å². The third kappa shape index (κ3) is 2.93. The van der Waals surface area contributed by atoms with E-state index in [1.54, 1.807) is 18.5 Å². The average molecular weight is 257 g/mol. The van der Waals surface area contributed by atoms with Gasteiger partial charge in [0.2, 0.25) is 5.95 Å². The molecule has 0 saturated carbocycles. The molecular weight excluding hydrogens is 242 g/mol. The number of nitrogens with zero attached hydrogens (tertiary/aromatic N) is 2. The number of hydrogen-bond donors (Lipinski definition) is 1. The molecule has 2 aromatic rings. The van der Waals surface area contributed by atoms with Crippen LogP contribution in [0.2, 0.25) is 0 Å². The molecule has 98 valence electrons. The molecule has 0 fully saturated rings. The number of anilines is 1. The summed E-state index contributed by atoms with van der Waals surface area (Å²) in [5, 5.41) is 3.16. The Bertz CT molecular complexity index is 546. The van der Waals surface area contributed by atoms with Gasteiger partial charge in [0.1, 0.15) is 0 Å². The average Bonchev–Trinajstić information content (AvgIpc) is 2.71. The zero-order valence-corrected chi connectivity index (χ0v) is 10.5. The van der Waals surface area contributed by atoms with Crippen molar-refractivity contribution in [3.8, 4) is 11.5 Å². The standard InChI is InChI=1S/C14H15N3O2/c1-5-15-14(16-6-1)17-10-11-3-4-12-13(9-11)19-8-2-7-18-12/h1,3-6,9H,2,7-8,10H2,(H,15,16,17). The first-order valence-corrected chi connectivity index (χ1v) is 6.31. The highest BCUT2D eigenvalue weighted by molar-refractivity contribution is 5.44. The molecule has 0 unspecified atom stereocenters. The van der Waals surface area contributed by atoms with Crippen LogP contribution in [-0.4, -0.2) is 23.2 Å². The summed E-state index contributed by atoms with van der Waals surface area (Å²) in [5.41, 5.74) is 1.11. The van der Waals surface area contributed by atoms with Crippen LogP contribution in [0.25, 0.3) is 0 Å². The Hall–Kier alpha value is -2.30. The van der Waals surface area contributed by atoms with Crippen molar-refractivity contribution in [1.29, 1.82) is 0 Å². The molecule has 1 N–H and O–H groups in total.